The molecule has 6 heteroatoms. The van der Waals surface area contributed by atoms with Gasteiger partial charge in [-0.1, -0.05) is 18.2 Å². The van der Waals surface area contributed by atoms with Gasteiger partial charge < -0.3 is 10.4 Å². The molecule has 1 heterocycles. The number of alkyl halides is 3. The third-order valence-corrected chi connectivity index (χ3v) is 3.72. The normalized spacial score (nSPS) is 23.6. The van der Waals surface area contributed by atoms with E-state index in [2.05, 4.69) is 5.32 Å². The molecule has 0 bridgehead atoms. The summed E-state index contributed by atoms with van der Waals surface area (Å²) in [4.78, 5) is 11.5. The highest BCUT2D eigenvalue weighted by Crippen LogP contribution is 2.34. The minimum absolute atomic E-state index is 0.0248. The molecule has 0 aromatic heterocycles. The maximum atomic E-state index is 13.0. The van der Waals surface area contributed by atoms with E-state index in [1.165, 1.54) is 18.2 Å². The predicted octanol–water partition coefficient (Wildman–Crippen LogP) is 2.84. The number of hydrogen-bond acceptors (Lipinski definition) is 2. The SMILES string of the molecule is O=C(O)C1(Cc2ccccc2C(F)(F)F)CCCCN1. The molecule has 2 N–H and O–H groups in total. The summed E-state index contributed by atoms with van der Waals surface area (Å²) in [5, 5.41) is 12.3. The van der Waals surface area contributed by atoms with Crippen LogP contribution in [-0.2, 0) is 17.4 Å². The average molecular weight is 287 g/mol. The molecule has 2 rings (SSSR count). The van der Waals surface area contributed by atoms with Crippen LogP contribution in [0.25, 0.3) is 0 Å². The molecule has 0 aliphatic carbocycles. The smallest absolute Gasteiger partial charge is 0.416 e. The first-order valence-electron chi connectivity index (χ1n) is 6.49. The van der Waals surface area contributed by atoms with Crippen LogP contribution in [0.15, 0.2) is 24.3 Å². The van der Waals surface area contributed by atoms with Crippen LogP contribution in [0.1, 0.15) is 30.4 Å². The van der Waals surface area contributed by atoms with E-state index in [-0.39, 0.29) is 12.0 Å². The van der Waals surface area contributed by atoms with Crippen molar-refractivity contribution in [2.24, 2.45) is 0 Å². The molecular weight excluding hydrogens is 271 g/mol. The summed E-state index contributed by atoms with van der Waals surface area (Å²) in [5.74, 6) is -1.09. The molecule has 20 heavy (non-hydrogen) atoms. The maximum Gasteiger partial charge on any atom is 0.416 e. The van der Waals surface area contributed by atoms with E-state index in [0.29, 0.717) is 19.4 Å². The first-order valence-corrected chi connectivity index (χ1v) is 6.49. The second kappa shape index (κ2) is 5.44. The number of piperidine rings is 1. The van der Waals surface area contributed by atoms with Crippen molar-refractivity contribution in [3.63, 3.8) is 0 Å². The molecule has 1 aromatic carbocycles. The van der Waals surface area contributed by atoms with Crippen LogP contribution >= 0.6 is 0 Å². The first-order chi connectivity index (χ1) is 9.35. The van der Waals surface area contributed by atoms with E-state index in [0.717, 1.165) is 12.5 Å². The predicted molar refractivity (Wildman–Crippen MR) is 67.4 cm³/mol. The lowest BCUT2D eigenvalue weighted by Gasteiger charge is -2.35. The Morgan fingerprint density at radius 1 is 1.30 bits per heavy atom. The van der Waals surface area contributed by atoms with Crippen LogP contribution < -0.4 is 5.32 Å². The summed E-state index contributed by atoms with van der Waals surface area (Å²) >= 11 is 0. The summed E-state index contributed by atoms with van der Waals surface area (Å²) in [6.07, 6.45) is -2.74. The van der Waals surface area contributed by atoms with Gasteiger partial charge in [-0.25, -0.2) is 0 Å². The van der Waals surface area contributed by atoms with Crippen molar-refractivity contribution >= 4 is 5.97 Å². The van der Waals surface area contributed by atoms with Crippen LogP contribution in [0.4, 0.5) is 13.2 Å². The Labute approximate surface area is 114 Å². The van der Waals surface area contributed by atoms with Gasteiger partial charge in [0.1, 0.15) is 5.54 Å². The van der Waals surface area contributed by atoms with Crippen LogP contribution in [0.5, 0.6) is 0 Å². The molecule has 1 saturated heterocycles. The van der Waals surface area contributed by atoms with E-state index >= 15 is 0 Å². The number of nitrogens with one attached hydrogen (secondary N) is 1. The lowest BCUT2D eigenvalue weighted by atomic mass is 9.82. The second-order valence-corrected chi connectivity index (χ2v) is 5.10. The van der Waals surface area contributed by atoms with Crippen LogP contribution in [-0.4, -0.2) is 23.2 Å². The summed E-state index contributed by atoms with van der Waals surface area (Å²) in [5.41, 5.74) is -2.02. The summed E-state index contributed by atoms with van der Waals surface area (Å²) < 4.78 is 38.9. The van der Waals surface area contributed by atoms with Gasteiger partial charge in [0.05, 0.1) is 5.56 Å². The molecule has 0 amide bonds. The summed E-state index contributed by atoms with van der Waals surface area (Å²) in [7, 11) is 0. The first kappa shape index (κ1) is 14.8. The van der Waals surface area contributed by atoms with Crippen LogP contribution in [0.2, 0.25) is 0 Å². The standard InChI is InChI=1S/C14H16F3NO2/c15-14(16,17)11-6-2-1-5-10(11)9-13(12(19)20)7-3-4-8-18-13/h1-2,5-6,18H,3-4,7-9H2,(H,19,20). The zero-order valence-electron chi connectivity index (χ0n) is 10.8. The fraction of sp³-hybridized carbons (Fsp3) is 0.500. The van der Waals surface area contributed by atoms with Crippen molar-refractivity contribution in [1.29, 1.82) is 0 Å². The zero-order chi connectivity index (χ0) is 14.8. The lowest BCUT2D eigenvalue weighted by Crippen LogP contribution is -2.56. The largest absolute Gasteiger partial charge is 0.480 e. The number of halogens is 3. The third-order valence-electron chi connectivity index (χ3n) is 3.72. The number of carboxylic acid groups (broad SMARTS) is 1. The van der Waals surface area contributed by atoms with Gasteiger partial charge in [0, 0.05) is 6.42 Å². The van der Waals surface area contributed by atoms with Crippen molar-refractivity contribution in [3.05, 3.63) is 35.4 Å². The Morgan fingerprint density at radius 3 is 2.55 bits per heavy atom. The highest BCUT2D eigenvalue weighted by Gasteiger charge is 2.42. The molecule has 1 aromatic rings. The molecule has 0 radical (unpaired) electrons. The van der Waals surface area contributed by atoms with Crippen LogP contribution in [0.3, 0.4) is 0 Å². The number of rotatable bonds is 3. The molecule has 1 aliphatic rings. The number of carboxylic acids is 1. The molecule has 1 aliphatic heterocycles. The van der Waals surface area contributed by atoms with Crippen molar-refractivity contribution in [1.82, 2.24) is 5.32 Å². The summed E-state index contributed by atoms with van der Waals surface area (Å²) in [6.45, 7) is 0.514. The molecule has 1 fully saturated rings. The van der Waals surface area contributed by atoms with E-state index in [4.69, 9.17) is 0 Å². The zero-order valence-corrected chi connectivity index (χ0v) is 10.8. The summed E-state index contributed by atoms with van der Waals surface area (Å²) in [6, 6.07) is 5.16. The number of benzene rings is 1. The monoisotopic (exact) mass is 287 g/mol. The van der Waals surface area contributed by atoms with Crippen molar-refractivity contribution in [2.75, 3.05) is 6.54 Å². The number of aliphatic carboxylic acids is 1. The maximum absolute atomic E-state index is 13.0. The van der Waals surface area contributed by atoms with Gasteiger partial charge >= 0.3 is 12.1 Å². The van der Waals surface area contributed by atoms with E-state index in [9.17, 15) is 23.1 Å². The fourth-order valence-corrected chi connectivity index (χ4v) is 2.65. The molecule has 1 unspecified atom stereocenters. The minimum atomic E-state index is -4.47. The molecule has 1 atom stereocenters. The van der Waals surface area contributed by atoms with E-state index in [1.54, 1.807) is 0 Å². The van der Waals surface area contributed by atoms with Crippen molar-refractivity contribution in [2.45, 2.75) is 37.4 Å². The Kier molecular flexibility index (Phi) is 4.04. The average Bonchev–Trinajstić information content (AvgIpc) is 2.39. The number of hydrogen-bond donors (Lipinski definition) is 2. The molecule has 3 nitrogen and oxygen atoms in total. The Morgan fingerprint density at radius 2 is 2.00 bits per heavy atom. The minimum Gasteiger partial charge on any atom is -0.480 e. The molecule has 0 spiro atoms. The highest BCUT2D eigenvalue weighted by molar-refractivity contribution is 5.79. The van der Waals surface area contributed by atoms with Gasteiger partial charge in [0.2, 0.25) is 0 Å². The van der Waals surface area contributed by atoms with Gasteiger partial charge in [0.25, 0.3) is 0 Å². The van der Waals surface area contributed by atoms with E-state index in [1.807, 2.05) is 0 Å². The van der Waals surface area contributed by atoms with Crippen molar-refractivity contribution in [3.8, 4) is 0 Å². The van der Waals surface area contributed by atoms with Gasteiger partial charge in [-0.2, -0.15) is 13.2 Å². The topological polar surface area (TPSA) is 49.3 Å². The number of carbonyl (C=O) groups is 1. The van der Waals surface area contributed by atoms with Gasteiger partial charge in [-0.05, 0) is 37.4 Å². The van der Waals surface area contributed by atoms with Gasteiger partial charge in [-0.15, -0.1) is 0 Å². The Bertz CT molecular complexity index is 493. The lowest BCUT2D eigenvalue weighted by molar-refractivity contribution is -0.147. The third kappa shape index (κ3) is 2.95. The second-order valence-electron chi connectivity index (χ2n) is 5.10. The van der Waals surface area contributed by atoms with Gasteiger partial charge in [-0.3, -0.25) is 4.79 Å². The molecular formula is C14H16F3NO2. The van der Waals surface area contributed by atoms with Crippen LogP contribution in [0, 0.1) is 0 Å². The molecule has 0 saturated carbocycles. The molecule has 110 valence electrons. The Hall–Kier alpha value is -1.56. The van der Waals surface area contributed by atoms with Crippen molar-refractivity contribution < 1.29 is 23.1 Å². The fourth-order valence-electron chi connectivity index (χ4n) is 2.65. The van der Waals surface area contributed by atoms with E-state index < -0.39 is 23.2 Å². The quantitative estimate of drug-likeness (QED) is 0.898. The highest BCUT2D eigenvalue weighted by atomic mass is 19.4. The van der Waals surface area contributed by atoms with Gasteiger partial charge in [0.15, 0.2) is 0 Å². The Balaban J connectivity index is 2.35.